The van der Waals surface area contributed by atoms with Crippen molar-refractivity contribution in [3.05, 3.63) is 60.2 Å². The maximum absolute atomic E-state index is 12.9. The first-order chi connectivity index (χ1) is 8.28. The van der Waals surface area contributed by atoms with E-state index < -0.39 is 0 Å². The van der Waals surface area contributed by atoms with Crippen LogP contribution >= 0.6 is 0 Å². The molecule has 0 bridgehead atoms. The molecule has 0 aliphatic rings. The van der Waals surface area contributed by atoms with Crippen LogP contribution in [0.5, 0.6) is 0 Å². The van der Waals surface area contributed by atoms with Gasteiger partial charge in [-0.15, -0.1) is 0 Å². The van der Waals surface area contributed by atoms with E-state index in [1.807, 2.05) is 12.3 Å². The maximum Gasteiger partial charge on any atom is 0.123 e. The molecule has 0 aliphatic carbocycles. The van der Waals surface area contributed by atoms with Crippen LogP contribution in [0.2, 0.25) is 0 Å². The van der Waals surface area contributed by atoms with Gasteiger partial charge in [0.15, 0.2) is 0 Å². The van der Waals surface area contributed by atoms with Crippen molar-refractivity contribution in [3.63, 3.8) is 0 Å². The van der Waals surface area contributed by atoms with E-state index in [0.29, 0.717) is 13.1 Å². The first-order valence-electron chi connectivity index (χ1n) is 5.38. The average molecular weight is 231 g/mol. The summed E-state index contributed by atoms with van der Waals surface area (Å²) in [6.45, 7) is 4.95. The standard InChI is InChI=1S/C13H14FN3/c1-2-17-10-12(9-16-17)8-15-7-11-4-3-5-13(14)6-11/h2-6,9-10,15H,1,7-8H2. The lowest BCUT2D eigenvalue weighted by molar-refractivity contribution is 0.620. The molecule has 0 radical (unpaired) electrons. The summed E-state index contributed by atoms with van der Waals surface area (Å²) in [5, 5.41) is 7.30. The second-order valence-corrected chi connectivity index (χ2v) is 3.74. The van der Waals surface area contributed by atoms with Gasteiger partial charge in [0.1, 0.15) is 5.82 Å². The third-order valence-electron chi connectivity index (χ3n) is 2.39. The van der Waals surface area contributed by atoms with Crippen LogP contribution in [0.3, 0.4) is 0 Å². The molecule has 1 aromatic heterocycles. The highest BCUT2D eigenvalue weighted by Gasteiger charge is 1.98. The molecule has 1 aromatic carbocycles. The second kappa shape index (κ2) is 5.41. The zero-order valence-corrected chi connectivity index (χ0v) is 9.44. The van der Waals surface area contributed by atoms with Gasteiger partial charge in [-0.3, -0.25) is 0 Å². The SMILES string of the molecule is C=Cn1cc(CNCc2cccc(F)c2)cn1. The van der Waals surface area contributed by atoms with Crippen molar-refractivity contribution in [2.75, 3.05) is 0 Å². The quantitative estimate of drug-likeness (QED) is 0.856. The minimum absolute atomic E-state index is 0.205. The zero-order chi connectivity index (χ0) is 12.1. The molecule has 4 heteroatoms. The summed E-state index contributed by atoms with van der Waals surface area (Å²) in [7, 11) is 0. The topological polar surface area (TPSA) is 29.9 Å². The van der Waals surface area contributed by atoms with Crippen LogP contribution in [-0.2, 0) is 13.1 Å². The number of nitrogens with one attached hydrogen (secondary N) is 1. The van der Waals surface area contributed by atoms with E-state index in [1.165, 1.54) is 12.1 Å². The van der Waals surface area contributed by atoms with Crippen molar-refractivity contribution in [1.82, 2.24) is 15.1 Å². The van der Waals surface area contributed by atoms with E-state index >= 15 is 0 Å². The van der Waals surface area contributed by atoms with E-state index in [0.717, 1.165) is 11.1 Å². The van der Waals surface area contributed by atoms with E-state index in [2.05, 4.69) is 17.0 Å². The molecule has 0 amide bonds. The van der Waals surface area contributed by atoms with Gasteiger partial charge in [0.2, 0.25) is 0 Å². The molecule has 3 nitrogen and oxygen atoms in total. The predicted molar refractivity (Wildman–Crippen MR) is 65.6 cm³/mol. The van der Waals surface area contributed by atoms with Crippen LogP contribution in [0.15, 0.2) is 43.2 Å². The van der Waals surface area contributed by atoms with Gasteiger partial charge in [0, 0.05) is 31.0 Å². The van der Waals surface area contributed by atoms with Crippen molar-refractivity contribution in [2.24, 2.45) is 0 Å². The third-order valence-corrected chi connectivity index (χ3v) is 2.39. The number of benzene rings is 1. The Bertz CT molecular complexity index is 505. The van der Waals surface area contributed by atoms with Gasteiger partial charge in [-0.05, 0) is 17.7 Å². The first-order valence-corrected chi connectivity index (χ1v) is 5.38. The molecular weight excluding hydrogens is 217 g/mol. The van der Waals surface area contributed by atoms with Crippen molar-refractivity contribution >= 4 is 6.20 Å². The van der Waals surface area contributed by atoms with Crippen LogP contribution in [0, 0.1) is 5.82 Å². The van der Waals surface area contributed by atoms with E-state index in [4.69, 9.17) is 0 Å². The van der Waals surface area contributed by atoms with Crippen molar-refractivity contribution in [3.8, 4) is 0 Å². The van der Waals surface area contributed by atoms with Gasteiger partial charge in [-0.25, -0.2) is 9.07 Å². The Balaban J connectivity index is 1.85. The smallest absolute Gasteiger partial charge is 0.123 e. The lowest BCUT2D eigenvalue weighted by atomic mass is 10.2. The van der Waals surface area contributed by atoms with Gasteiger partial charge in [-0.1, -0.05) is 18.7 Å². The minimum atomic E-state index is -0.205. The number of hydrogen-bond donors (Lipinski definition) is 1. The highest BCUT2D eigenvalue weighted by molar-refractivity contribution is 5.18. The van der Waals surface area contributed by atoms with Crippen molar-refractivity contribution < 1.29 is 4.39 Å². The van der Waals surface area contributed by atoms with Gasteiger partial charge in [0.05, 0.1) is 6.20 Å². The summed E-state index contributed by atoms with van der Waals surface area (Å²) in [5.41, 5.74) is 2.00. The van der Waals surface area contributed by atoms with Gasteiger partial charge < -0.3 is 5.32 Å². The number of rotatable bonds is 5. The molecule has 1 N–H and O–H groups in total. The molecule has 88 valence electrons. The number of nitrogens with zero attached hydrogens (tertiary/aromatic N) is 2. The largest absolute Gasteiger partial charge is 0.309 e. The van der Waals surface area contributed by atoms with E-state index in [9.17, 15) is 4.39 Å². The fourth-order valence-corrected chi connectivity index (χ4v) is 1.57. The molecule has 2 rings (SSSR count). The summed E-state index contributed by atoms with van der Waals surface area (Å²) >= 11 is 0. The normalized spacial score (nSPS) is 10.4. The Kier molecular flexibility index (Phi) is 3.67. The third kappa shape index (κ3) is 3.26. The first kappa shape index (κ1) is 11.5. The Morgan fingerprint density at radius 2 is 2.18 bits per heavy atom. The molecule has 0 unspecified atom stereocenters. The maximum atomic E-state index is 12.9. The Labute approximate surface area is 99.6 Å². The molecule has 0 saturated heterocycles. The van der Waals surface area contributed by atoms with Crippen LogP contribution < -0.4 is 5.32 Å². The minimum Gasteiger partial charge on any atom is -0.309 e. The van der Waals surface area contributed by atoms with Crippen LogP contribution in [0.25, 0.3) is 6.20 Å². The lowest BCUT2D eigenvalue weighted by Gasteiger charge is -2.03. The van der Waals surface area contributed by atoms with Crippen LogP contribution in [0.1, 0.15) is 11.1 Å². The summed E-state index contributed by atoms with van der Waals surface area (Å²) in [6, 6.07) is 6.57. The molecule has 2 aromatic rings. The van der Waals surface area contributed by atoms with Gasteiger partial charge in [-0.2, -0.15) is 5.10 Å². The lowest BCUT2D eigenvalue weighted by Crippen LogP contribution is -2.12. The van der Waals surface area contributed by atoms with Gasteiger partial charge >= 0.3 is 0 Å². The number of halogens is 1. The monoisotopic (exact) mass is 231 g/mol. The van der Waals surface area contributed by atoms with Crippen molar-refractivity contribution in [2.45, 2.75) is 13.1 Å². The molecule has 0 atom stereocenters. The summed E-state index contributed by atoms with van der Waals surface area (Å²) in [6.07, 6.45) is 5.31. The van der Waals surface area contributed by atoms with E-state index in [1.54, 1.807) is 23.1 Å². The molecule has 17 heavy (non-hydrogen) atoms. The van der Waals surface area contributed by atoms with Gasteiger partial charge in [0.25, 0.3) is 0 Å². The number of hydrogen-bond acceptors (Lipinski definition) is 2. The summed E-state index contributed by atoms with van der Waals surface area (Å²) in [4.78, 5) is 0. The molecule has 0 saturated carbocycles. The molecule has 0 spiro atoms. The van der Waals surface area contributed by atoms with Crippen molar-refractivity contribution in [1.29, 1.82) is 0 Å². The second-order valence-electron chi connectivity index (χ2n) is 3.74. The Hall–Kier alpha value is -1.94. The number of aromatic nitrogens is 2. The Morgan fingerprint density at radius 1 is 1.35 bits per heavy atom. The molecular formula is C13H14FN3. The van der Waals surface area contributed by atoms with E-state index in [-0.39, 0.29) is 5.82 Å². The van der Waals surface area contributed by atoms with Crippen LogP contribution in [-0.4, -0.2) is 9.78 Å². The average Bonchev–Trinajstić information content (AvgIpc) is 2.77. The fourth-order valence-electron chi connectivity index (χ4n) is 1.57. The zero-order valence-electron chi connectivity index (χ0n) is 9.44. The highest BCUT2D eigenvalue weighted by Crippen LogP contribution is 2.04. The van der Waals surface area contributed by atoms with Crippen LogP contribution in [0.4, 0.5) is 4.39 Å². The summed E-state index contributed by atoms with van der Waals surface area (Å²) in [5.74, 6) is -0.205. The molecule has 1 heterocycles. The predicted octanol–water partition coefficient (Wildman–Crippen LogP) is 2.41. The highest BCUT2D eigenvalue weighted by atomic mass is 19.1. The Morgan fingerprint density at radius 3 is 2.88 bits per heavy atom. The summed E-state index contributed by atoms with van der Waals surface area (Å²) < 4.78 is 14.6. The molecule has 0 fully saturated rings. The molecule has 0 aliphatic heterocycles. The fraction of sp³-hybridized carbons (Fsp3) is 0.154.